The molecule has 0 radical (unpaired) electrons. The van der Waals surface area contributed by atoms with Crippen LogP contribution in [0.1, 0.15) is 22.8 Å². The smallest absolute Gasteiger partial charge is 0.249 e. The Balaban J connectivity index is 2.21. The molecule has 3 aromatic rings. The average molecular weight is 306 g/mol. The van der Waals surface area contributed by atoms with Crippen LogP contribution in [0, 0.1) is 6.92 Å². The van der Waals surface area contributed by atoms with Crippen molar-refractivity contribution in [1.82, 2.24) is 4.98 Å². The van der Waals surface area contributed by atoms with Gasteiger partial charge in [0.25, 0.3) is 0 Å². The maximum Gasteiger partial charge on any atom is 0.249 e. The Kier molecular flexibility index (Phi) is 3.98. The first-order chi connectivity index (χ1) is 11.1. The van der Waals surface area contributed by atoms with Crippen LogP contribution in [-0.2, 0) is 0 Å². The van der Waals surface area contributed by atoms with Gasteiger partial charge in [0, 0.05) is 10.9 Å². The Morgan fingerprint density at radius 1 is 1.13 bits per heavy atom. The van der Waals surface area contributed by atoms with Gasteiger partial charge < -0.3 is 10.5 Å². The SMILES string of the molecule is CCOc1ccc(-c2nc3ccccc3c(C(N)=O)c2C)cc1. The number of carbonyl (C=O) groups is 1. The standard InChI is InChI=1S/C19H18N2O2/c1-3-23-14-10-8-13(9-11-14)18-12(2)17(19(20)22)15-6-4-5-7-16(15)21-18/h4-11H,3H2,1-2H3,(H2,20,22). The lowest BCUT2D eigenvalue weighted by atomic mass is 9.97. The van der Waals surface area contributed by atoms with Crippen molar-refractivity contribution < 1.29 is 9.53 Å². The molecule has 0 aliphatic carbocycles. The summed E-state index contributed by atoms with van der Waals surface area (Å²) < 4.78 is 5.46. The number of fused-ring (bicyclic) bond motifs is 1. The minimum atomic E-state index is -0.437. The Labute approximate surface area is 134 Å². The molecule has 23 heavy (non-hydrogen) atoms. The number of primary amides is 1. The Morgan fingerprint density at radius 2 is 1.83 bits per heavy atom. The normalized spacial score (nSPS) is 10.7. The fourth-order valence-corrected chi connectivity index (χ4v) is 2.78. The lowest BCUT2D eigenvalue weighted by Crippen LogP contribution is -2.14. The third kappa shape index (κ3) is 2.75. The number of carbonyl (C=O) groups excluding carboxylic acids is 1. The van der Waals surface area contributed by atoms with Gasteiger partial charge in [0.2, 0.25) is 5.91 Å². The number of ether oxygens (including phenoxy) is 1. The van der Waals surface area contributed by atoms with Crippen LogP contribution in [0.25, 0.3) is 22.2 Å². The number of benzene rings is 2. The van der Waals surface area contributed by atoms with Crippen LogP contribution in [-0.4, -0.2) is 17.5 Å². The van der Waals surface area contributed by atoms with Crippen LogP contribution in [0.5, 0.6) is 5.75 Å². The quantitative estimate of drug-likeness (QED) is 0.799. The zero-order chi connectivity index (χ0) is 16.4. The Bertz CT molecular complexity index is 870. The summed E-state index contributed by atoms with van der Waals surface area (Å²) in [5, 5.41) is 0.784. The monoisotopic (exact) mass is 306 g/mol. The molecule has 2 N–H and O–H groups in total. The molecular weight excluding hydrogens is 288 g/mol. The molecule has 1 aromatic heterocycles. The van der Waals surface area contributed by atoms with E-state index in [9.17, 15) is 4.79 Å². The molecule has 4 nitrogen and oxygen atoms in total. The van der Waals surface area contributed by atoms with E-state index in [1.807, 2.05) is 62.4 Å². The molecule has 4 heteroatoms. The highest BCUT2D eigenvalue weighted by molar-refractivity contribution is 6.08. The van der Waals surface area contributed by atoms with E-state index >= 15 is 0 Å². The van der Waals surface area contributed by atoms with Crippen LogP contribution in [0.4, 0.5) is 0 Å². The first kappa shape index (κ1) is 15.0. The predicted octanol–water partition coefficient (Wildman–Crippen LogP) is 3.71. The topological polar surface area (TPSA) is 65.2 Å². The van der Waals surface area contributed by atoms with E-state index in [4.69, 9.17) is 15.5 Å². The minimum absolute atomic E-state index is 0.437. The Morgan fingerprint density at radius 3 is 2.48 bits per heavy atom. The zero-order valence-electron chi connectivity index (χ0n) is 13.2. The molecule has 0 saturated heterocycles. The summed E-state index contributed by atoms with van der Waals surface area (Å²) in [4.78, 5) is 16.6. The van der Waals surface area contributed by atoms with Gasteiger partial charge in [0.05, 0.1) is 23.4 Å². The number of hydrogen-bond acceptors (Lipinski definition) is 3. The molecule has 0 spiro atoms. The largest absolute Gasteiger partial charge is 0.494 e. The molecule has 1 amide bonds. The van der Waals surface area contributed by atoms with Crippen LogP contribution in [0.3, 0.4) is 0 Å². The second-order valence-electron chi connectivity index (χ2n) is 5.30. The van der Waals surface area contributed by atoms with Crippen LogP contribution < -0.4 is 10.5 Å². The van der Waals surface area contributed by atoms with Gasteiger partial charge in [-0.15, -0.1) is 0 Å². The van der Waals surface area contributed by atoms with Crippen LogP contribution >= 0.6 is 0 Å². The predicted molar refractivity (Wildman–Crippen MR) is 91.6 cm³/mol. The molecule has 0 atom stereocenters. The van der Waals surface area contributed by atoms with E-state index in [1.165, 1.54) is 0 Å². The van der Waals surface area contributed by atoms with Gasteiger partial charge in [-0.25, -0.2) is 4.98 Å². The van der Waals surface area contributed by atoms with E-state index in [2.05, 4.69) is 0 Å². The third-order valence-electron chi connectivity index (χ3n) is 3.82. The molecular formula is C19H18N2O2. The van der Waals surface area contributed by atoms with Crippen molar-refractivity contribution in [2.45, 2.75) is 13.8 Å². The molecule has 0 bridgehead atoms. The van der Waals surface area contributed by atoms with Gasteiger partial charge in [-0.2, -0.15) is 0 Å². The van der Waals surface area contributed by atoms with Gasteiger partial charge in [0.1, 0.15) is 5.75 Å². The third-order valence-corrected chi connectivity index (χ3v) is 3.82. The van der Waals surface area contributed by atoms with Gasteiger partial charge in [-0.3, -0.25) is 4.79 Å². The number of pyridine rings is 1. The molecule has 3 rings (SSSR count). The molecule has 116 valence electrons. The number of nitrogens with two attached hydrogens (primary N) is 1. The summed E-state index contributed by atoms with van der Waals surface area (Å²) in [6, 6.07) is 15.2. The van der Waals surface area contributed by atoms with Crippen molar-refractivity contribution in [3.05, 3.63) is 59.7 Å². The molecule has 2 aromatic carbocycles. The first-order valence-electron chi connectivity index (χ1n) is 7.54. The van der Waals surface area contributed by atoms with Gasteiger partial charge in [-0.1, -0.05) is 18.2 Å². The molecule has 0 aliphatic heterocycles. The van der Waals surface area contributed by atoms with Gasteiger partial charge in [-0.05, 0) is 49.7 Å². The maximum absolute atomic E-state index is 11.9. The summed E-state index contributed by atoms with van der Waals surface area (Å²) >= 11 is 0. The van der Waals surface area contributed by atoms with Crippen molar-refractivity contribution in [2.75, 3.05) is 6.61 Å². The van der Waals surface area contributed by atoms with E-state index in [0.717, 1.165) is 33.5 Å². The number of amides is 1. The van der Waals surface area contributed by atoms with Crippen molar-refractivity contribution in [1.29, 1.82) is 0 Å². The molecule has 0 saturated carbocycles. The number of para-hydroxylation sites is 1. The summed E-state index contributed by atoms with van der Waals surface area (Å²) in [6.45, 7) is 4.45. The summed E-state index contributed by atoms with van der Waals surface area (Å²) in [7, 11) is 0. The van der Waals surface area contributed by atoms with Crippen molar-refractivity contribution in [3.63, 3.8) is 0 Å². The second-order valence-corrected chi connectivity index (χ2v) is 5.30. The van der Waals surface area contributed by atoms with Crippen LogP contribution in [0.2, 0.25) is 0 Å². The molecule has 0 fully saturated rings. The average Bonchev–Trinajstić information content (AvgIpc) is 2.55. The lowest BCUT2D eigenvalue weighted by molar-refractivity contribution is 0.100. The number of hydrogen-bond donors (Lipinski definition) is 1. The van der Waals surface area contributed by atoms with Gasteiger partial charge in [0.15, 0.2) is 0 Å². The van der Waals surface area contributed by atoms with Crippen molar-refractivity contribution >= 4 is 16.8 Å². The minimum Gasteiger partial charge on any atom is -0.494 e. The second kappa shape index (κ2) is 6.08. The first-order valence-corrected chi connectivity index (χ1v) is 7.54. The van der Waals surface area contributed by atoms with E-state index in [0.29, 0.717) is 12.2 Å². The highest BCUT2D eigenvalue weighted by Crippen LogP contribution is 2.30. The van der Waals surface area contributed by atoms with Crippen molar-refractivity contribution in [2.24, 2.45) is 5.73 Å². The summed E-state index contributed by atoms with van der Waals surface area (Å²) in [5.41, 5.74) is 9.38. The lowest BCUT2D eigenvalue weighted by Gasteiger charge is -2.13. The van der Waals surface area contributed by atoms with E-state index in [-0.39, 0.29) is 0 Å². The maximum atomic E-state index is 11.9. The van der Waals surface area contributed by atoms with Crippen LogP contribution in [0.15, 0.2) is 48.5 Å². The number of aromatic nitrogens is 1. The summed E-state index contributed by atoms with van der Waals surface area (Å²) in [6.07, 6.45) is 0. The fourth-order valence-electron chi connectivity index (χ4n) is 2.78. The molecule has 1 heterocycles. The number of nitrogens with zero attached hydrogens (tertiary/aromatic N) is 1. The van der Waals surface area contributed by atoms with E-state index in [1.54, 1.807) is 0 Å². The highest BCUT2D eigenvalue weighted by atomic mass is 16.5. The zero-order valence-corrected chi connectivity index (χ0v) is 13.2. The number of rotatable bonds is 4. The molecule has 0 unspecified atom stereocenters. The summed E-state index contributed by atoms with van der Waals surface area (Å²) in [5.74, 6) is 0.373. The van der Waals surface area contributed by atoms with E-state index < -0.39 is 5.91 Å². The van der Waals surface area contributed by atoms with Crippen molar-refractivity contribution in [3.8, 4) is 17.0 Å². The van der Waals surface area contributed by atoms with Gasteiger partial charge >= 0.3 is 0 Å². The fraction of sp³-hybridized carbons (Fsp3) is 0.158. The molecule has 0 aliphatic rings. The Hall–Kier alpha value is -2.88. The highest BCUT2D eigenvalue weighted by Gasteiger charge is 2.16.